The third-order valence-electron chi connectivity index (χ3n) is 2.62. The van der Waals surface area contributed by atoms with Crippen LogP contribution in [0.2, 0.25) is 5.02 Å². The van der Waals surface area contributed by atoms with Gasteiger partial charge in [-0.3, -0.25) is 9.88 Å². The summed E-state index contributed by atoms with van der Waals surface area (Å²) >= 11 is 11.9. The molecule has 0 unspecified atom stereocenters. The summed E-state index contributed by atoms with van der Waals surface area (Å²) in [5.74, 6) is 0.589. The predicted molar refractivity (Wildman–Crippen MR) is 65.5 cm³/mol. The molecule has 0 N–H and O–H groups in total. The van der Waals surface area contributed by atoms with Crippen LogP contribution in [0.4, 0.5) is 0 Å². The molecule has 0 radical (unpaired) electrons. The summed E-state index contributed by atoms with van der Waals surface area (Å²) in [5.41, 5.74) is 1.04. The summed E-state index contributed by atoms with van der Waals surface area (Å²) in [6.45, 7) is 4.99. The molecular formula is C11H16Cl2N2. The van der Waals surface area contributed by atoms with Gasteiger partial charge >= 0.3 is 0 Å². The molecule has 1 heterocycles. The van der Waals surface area contributed by atoms with Crippen LogP contribution in [-0.2, 0) is 6.54 Å². The molecule has 0 aliphatic carbocycles. The zero-order chi connectivity index (χ0) is 11.5. The number of pyridine rings is 1. The fourth-order valence-corrected chi connectivity index (χ4v) is 1.49. The lowest BCUT2D eigenvalue weighted by Gasteiger charge is -2.34. The molecule has 0 aliphatic rings. The SMILES string of the molecule is CN(Cc1ccncc1Cl)C(C)(C)CCl. The lowest BCUT2D eigenvalue weighted by molar-refractivity contribution is 0.171. The summed E-state index contributed by atoms with van der Waals surface area (Å²) in [6.07, 6.45) is 3.42. The molecule has 0 fully saturated rings. The first-order chi connectivity index (χ1) is 6.97. The highest BCUT2D eigenvalue weighted by Gasteiger charge is 2.22. The molecule has 0 amide bonds. The van der Waals surface area contributed by atoms with Crippen LogP contribution in [-0.4, -0.2) is 28.4 Å². The summed E-state index contributed by atoms with van der Waals surface area (Å²) in [7, 11) is 2.04. The Morgan fingerprint density at radius 2 is 2.13 bits per heavy atom. The smallest absolute Gasteiger partial charge is 0.0634 e. The normalized spacial score (nSPS) is 12.1. The average molecular weight is 247 g/mol. The van der Waals surface area contributed by atoms with Crippen molar-refractivity contribution in [1.82, 2.24) is 9.88 Å². The first kappa shape index (κ1) is 12.8. The molecule has 0 saturated carbocycles. The van der Waals surface area contributed by atoms with Crippen molar-refractivity contribution < 1.29 is 0 Å². The van der Waals surface area contributed by atoms with Gasteiger partial charge in [0, 0.05) is 30.4 Å². The lowest BCUT2D eigenvalue weighted by Crippen LogP contribution is -2.42. The zero-order valence-electron chi connectivity index (χ0n) is 9.30. The van der Waals surface area contributed by atoms with Crippen LogP contribution in [0.3, 0.4) is 0 Å². The second-order valence-electron chi connectivity index (χ2n) is 4.27. The molecule has 0 bridgehead atoms. The number of nitrogens with zero attached hydrogens (tertiary/aromatic N) is 2. The highest BCUT2D eigenvalue weighted by atomic mass is 35.5. The predicted octanol–water partition coefficient (Wildman–Crippen LogP) is 3.18. The highest BCUT2D eigenvalue weighted by Crippen LogP contribution is 2.21. The summed E-state index contributed by atoms with van der Waals surface area (Å²) in [4.78, 5) is 6.14. The van der Waals surface area contributed by atoms with Crippen molar-refractivity contribution in [2.24, 2.45) is 0 Å². The lowest BCUT2D eigenvalue weighted by atomic mass is 10.1. The van der Waals surface area contributed by atoms with Crippen LogP contribution >= 0.6 is 23.2 Å². The van der Waals surface area contributed by atoms with Crippen LogP contribution in [0.25, 0.3) is 0 Å². The molecule has 15 heavy (non-hydrogen) atoms. The fourth-order valence-electron chi connectivity index (χ4n) is 1.10. The number of rotatable bonds is 4. The molecule has 84 valence electrons. The molecule has 2 nitrogen and oxygen atoms in total. The maximum Gasteiger partial charge on any atom is 0.0634 e. The van der Waals surface area contributed by atoms with Gasteiger partial charge in [-0.05, 0) is 32.5 Å². The quantitative estimate of drug-likeness (QED) is 0.759. The van der Waals surface area contributed by atoms with Gasteiger partial charge in [0.05, 0.1) is 5.02 Å². The van der Waals surface area contributed by atoms with E-state index in [-0.39, 0.29) is 5.54 Å². The van der Waals surface area contributed by atoms with Crippen LogP contribution in [0, 0.1) is 0 Å². The van der Waals surface area contributed by atoms with E-state index in [1.165, 1.54) is 0 Å². The third-order valence-corrected chi connectivity index (χ3v) is 3.62. The Hall–Kier alpha value is -0.310. The Bertz CT molecular complexity index is 326. The van der Waals surface area contributed by atoms with Gasteiger partial charge in [0.25, 0.3) is 0 Å². The van der Waals surface area contributed by atoms with Gasteiger partial charge in [-0.2, -0.15) is 0 Å². The maximum atomic E-state index is 6.04. The third kappa shape index (κ3) is 3.33. The molecule has 4 heteroatoms. The van der Waals surface area contributed by atoms with Gasteiger partial charge in [-0.15, -0.1) is 11.6 Å². The molecule has 1 aromatic heterocycles. The van der Waals surface area contributed by atoms with E-state index in [1.54, 1.807) is 12.4 Å². The van der Waals surface area contributed by atoms with Crippen LogP contribution < -0.4 is 0 Å². The second kappa shape index (κ2) is 5.15. The summed E-state index contributed by atoms with van der Waals surface area (Å²) in [6, 6.07) is 1.93. The first-order valence-electron chi connectivity index (χ1n) is 4.83. The van der Waals surface area contributed by atoms with Crippen molar-refractivity contribution in [3.63, 3.8) is 0 Å². The molecular weight excluding hydrogens is 231 g/mol. The van der Waals surface area contributed by atoms with E-state index in [2.05, 4.69) is 23.7 Å². The average Bonchev–Trinajstić information content (AvgIpc) is 2.21. The van der Waals surface area contributed by atoms with Crippen LogP contribution in [0.1, 0.15) is 19.4 Å². The molecule has 0 spiro atoms. The van der Waals surface area contributed by atoms with E-state index in [4.69, 9.17) is 23.2 Å². The number of aromatic nitrogens is 1. The van der Waals surface area contributed by atoms with Crippen molar-refractivity contribution in [2.75, 3.05) is 12.9 Å². The van der Waals surface area contributed by atoms with Crippen molar-refractivity contribution in [3.8, 4) is 0 Å². The summed E-state index contributed by atoms with van der Waals surface area (Å²) < 4.78 is 0. The Labute approximate surface area is 101 Å². The van der Waals surface area contributed by atoms with Crippen molar-refractivity contribution >= 4 is 23.2 Å². The Morgan fingerprint density at radius 3 is 2.67 bits per heavy atom. The van der Waals surface area contributed by atoms with E-state index in [1.807, 2.05) is 13.1 Å². The first-order valence-corrected chi connectivity index (χ1v) is 5.74. The molecule has 1 rings (SSSR count). The zero-order valence-corrected chi connectivity index (χ0v) is 10.8. The topological polar surface area (TPSA) is 16.1 Å². The monoisotopic (exact) mass is 246 g/mol. The highest BCUT2D eigenvalue weighted by molar-refractivity contribution is 6.31. The molecule has 1 aromatic rings. The van der Waals surface area contributed by atoms with Crippen molar-refractivity contribution in [3.05, 3.63) is 29.0 Å². The summed E-state index contributed by atoms with van der Waals surface area (Å²) in [5, 5.41) is 0.703. The van der Waals surface area contributed by atoms with Gasteiger partial charge in [-0.25, -0.2) is 0 Å². The maximum absolute atomic E-state index is 6.04. The van der Waals surface area contributed by atoms with Crippen molar-refractivity contribution in [2.45, 2.75) is 25.9 Å². The van der Waals surface area contributed by atoms with Gasteiger partial charge in [-0.1, -0.05) is 11.6 Å². The number of hydrogen-bond donors (Lipinski definition) is 0. The molecule has 0 atom stereocenters. The van der Waals surface area contributed by atoms with E-state index in [9.17, 15) is 0 Å². The Morgan fingerprint density at radius 1 is 1.47 bits per heavy atom. The van der Waals surface area contributed by atoms with Gasteiger partial charge in [0.2, 0.25) is 0 Å². The van der Waals surface area contributed by atoms with E-state index in [0.717, 1.165) is 12.1 Å². The standard InChI is InChI=1S/C11H16Cl2N2/c1-11(2,8-12)15(3)7-9-4-5-14-6-10(9)13/h4-6H,7-8H2,1-3H3. The molecule has 0 aromatic carbocycles. The molecule has 0 saturated heterocycles. The van der Waals surface area contributed by atoms with E-state index < -0.39 is 0 Å². The minimum absolute atomic E-state index is 0.0336. The minimum atomic E-state index is -0.0336. The second-order valence-corrected chi connectivity index (χ2v) is 4.94. The largest absolute Gasteiger partial charge is 0.296 e. The molecule has 0 aliphatic heterocycles. The van der Waals surface area contributed by atoms with Gasteiger partial charge < -0.3 is 0 Å². The van der Waals surface area contributed by atoms with Crippen molar-refractivity contribution in [1.29, 1.82) is 0 Å². The number of halogens is 2. The number of hydrogen-bond acceptors (Lipinski definition) is 2. The number of alkyl halides is 1. The minimum Gasteiger partial charge on any atom is -0.296 e. The van der Waals surface area contributed by atoms with E-state index in [0.29, 0.717) is 10.9 Å². The van der Waals surface area contributed by atoms with Gasteiger partial charge in [0.15, 0.2) is 0 Å². The Balaban J connectivity index is 2.75. The van der Waals surface area contributed by atoms with Crippen LogP contribution in [0.5, 0.6) is 0 Å². The van der Waals surface area contributed by atoms with Gasteiger partial charge in [0.1, 0.15) is 0 Å². The van der Waals surface area contributed by atoms with E-state index >= 15 is 0 Å². The van der Waals surface area contributed by atoms with Crippen LogP contribution in [0.15, 0.2) is 18.5 Å². The fraction of sp³-hybridized carbons (Fsp3) is 0.545. The Kier molecular flexibility index (Phi) is 4.38.